The Kier molecular flexibility index (Phi) is 10.7. The maximum absolute atomic E-state index is 12.8. The molecule has 2 aliphatic heterocycles. The number of methoxy groups -OCH3 is 3. The van der Waals surface area contributed by atoms with Gasteiger partial charge in [-0.15, -0.1) is 6.58 Å². The summed E-state index contributed by atoms with van der Waals surface area (Å²) >= 11 is 0. The van der Waals surface area contributed by atoms with Gasteiger partial charge in [0.15, 0.2) is 0 Å². The average Bonchev–Trinajstić information content (AvgIpc) is 3.64. The molecular formula is C33H37BNO8P. The maximum Gasteiger partial charge on any atom is 0.293 e. The second-order valence-electron chi connectivity index (χ2n) is 10.4. The molecule has 3 unspecified atom stereocenters. The number of amides is 1. The van der Waals surface area contributed by atoms with Crippen LogP contribution >= 0.6 is 8.53 Å². The van der Waals surface area contributed by atoms with Crippen LogP contribution in [-0.4, -0.2) is 83.8 Å². The van der Waals surface area contributed by atoms with Crippen molar-refractivity contribution < 1.29 is 37.5 Å². The van der Waals surface area contributed by atoms with Gasteiger partial charge in [-0.1, -0.05) is 60.7 Å². The number of carbonyl (C=O) groups excluding carboxylic acids is 1. The van der Waals surface area contributed by atoms with Gasteiger partial charge >= 0.3 is 0 Å². The molecule has 3 aromatic carbocycles. The molecule has 2 saturated heterocycles. The monoisotopic (exact) mass is 617 g/mol. The summed E-state index contributed by atoms with van der Waals surface area (Å²) in [6.07, 6.45) is 0.692. The van der Waals surface area contributed by atoms with Crippen LogP contribution in [0.1, 0.15) is 23.1 Å². The third-order valence-electron chi connectivity index (χ3n) is 7.69. The Morgan fingerprint density at radius 3 is 2.11 bits per heavy atom. The van der Waals surface area contributed by atoms with Crippen molar-refractivity contribution >= 4 is 22.3 Å². The van der Waals surface area contributed by atoms with Gasteiger partial charge in [-0.25, -0.2) is 0 Å². The second-order valence-corrected chi connectivity index (χ2v) is 11.8. The highest BCUT2D eigenvalue weighted by molar-refractivity contribution is 7.45. The molecule has 5 atom stereocenters. The summed E-state index contributed by atoms with van der Waals surface area (Å²) in [5, 5.41) is 0. The van der Waals surface area contributed by atoms with Gasteiger partial charge in [-0.3, -0.25) is 9.46 Å². The number of hydrogen-bond donors (Lipinski definition) is 0. The van der Waals surface area contributed by atoms with Crippen molar-refractivity contribution in [3.05, 3.63) is 108 Å². The maximum atomic E-state index is 12.8. The Bertz CT molecular complexity index is 1330. The Morgan fingerprint density at radius 1 is 0.977 bits per heavy atom. The van der Waals surface area contributed by atoms with Crippen LogP contribution < -0.4 is 9.47 Å². The van der Waals surface area contributed by atoms with Crippen molar-refractivity contribution in [2.24, 2.45) is 0 Å². The third-order valence-corrected chi connectivity index (χ3v) is 9.37. The Balaban J connectivity index is 1.48. The summed E-state index contributed by atoms with van der Waals surface area (Å²) in [5.41, 5.74) is 1.67. The molecule has 3 aromatic rings. The lowest BCUT2D eigenvalue weighted by Crippen LogP contribution is -2.38. The van der Waals surface area contributed by atoms with Crippen LogP contribution in [0.4, 0.5) is 0 Å². The van der Waals surface area contributed by atoms with Crippen LogP contribution in [0.25, 0.3) is 0 Å². The summed E-state index contributed by atoms with van der Waals surface area (Å²) in [6.45, 7) is 4.21. The second kappa shape index (κ2) is 14.7. The van der Waals surface area contributed by atoms with Crippen LogP contribution in [0.5, 0.6) is 11.5 Å². The number of hydrogen-bond acceptors (Lipinski definition) is 8. The smallest absolute Gasteiger partial charge is 0.293 e. The SMILES string of the molecule is [B][C@H]1CC(OP2OC(C=C)CN2C(=O)COC)[C@@H](COC(c2ccccc2)(c2ccc(OC)cc2)c2ccc(OC)cc2)O1. The van der Waals surface area contributed by atoms with E-state index in [4.69, 9.17) is 40.6 Å². The minimum absolute atomic E-state index is 0.0774. The summed E-state index contributed by atoms with van der Waals surface area (Å²) in [6, 6.07) is 25.1. The van der Waals surface area contributed by atoms with Gasteiger partial charge in [-0.05, 0) is 47.4 Å². The minimum atomic E-state index is -1.73. The lowest BCUT2D eigenvalue weighted by molar-refractivity contribution is -0.130. The molecule has 11 heteroatoms. The van der Waals surface area contributed by atoms with Crippen molar-refractivity contribution in [3.8, 4) is 11.5 Å². The zero-order valence-electron chi connectivity index (χ0n) is 25.2. The minimum Gasteiger partial charge on any atom is -0.497 e. The molecular weight excluding hydrogens is 580 g/mol. The molecule has 0 saturated carbocycles. The lowest BCUT2D eigenvalue weighted by Gasteiger charge is -2.37. The predicted molar refractivity (Wildman–Crippen MR) is 168 cm³/mol. The van der Waals surface area contributed by atoms with Crippen molar-refractivity contribution in [3.63, 3.8) is 0 Å². The van der Waals surface area contributed by atoms with Gasteiger partial charge in [0, 0.05) is 13.1 Å². The molecule has 0 aliphatic carbocycles. The number of carbonyl (C=O) groups is 1. The topological polar surface area (TPSA) is 84.9 Å². The van der Waals surface area contributed by atoms with E-state index in [1.807, 2.05) is 78.9 Å². The van der Waals surface area contributed by atoms with Gasteiger partial charge in [0.25, 0.3) is 14.4 Å². The van der Waals surface area contributed by atoms with Crippen LogP contribution in [0.3, 0.4) is 0 Å². The van der Waals surface area contributed by atoms with Crippen LogP contribution in [-0.2, 0) is 33.7 Å². The number of rotatable bonds is 13. The molecule has 0 spiro atoms. The predicted octanol–water partition coefficient (Wildman–Crippen LogP) is 4.97. The van der Waals surface area contributed by atoms with E-state index in [2.05, 4.69) is 6.58 Å². The standard InChI is InChI=1S/C33H37BNO8P/c1-5-26-20-35(32(36)22-37-2)44(42-26)43-29-19-31(34)41-30(29)21-40-33(23-9-7-6-8-10-23,24-11-15-27(38-3)16-12-24)25-13-17-28(39-4)18-14-25/h5-18,26,29-31H,1,19-22H2,2-4H3/t26?,29?,30-,31-,44?/m1/s1. The highest BCUT2D eigenvalue weighted by Crippen LogP contribution is 2.52. The fourth-order valence-corrected chi connectivity index (χ4v) is 7.09. The normalized spacial score (nSPS) is 23.4. The number of benzene rings is 3. The zero-order valence-corrected chi connectivity index (χ0v) is 26.1. The fraction of sp³-hybridized carbons (Fsp3) is 0.364. The highest BCUT2D eigenvalue weighted by Gasteiger charge is 2.45. The molecule has 230 valence electrons. The van der Waals surface area contributed by atoms with Crippen molar-refractivity contribution in [1.29, 1.82) is 0 Å². The molecule has 2 radical (unpaired) electrons. The van der Waals surface area contributed by atoms with Gasteiger partial charge < -0.3 is 32.7 Å². The Hall–Kier alpha value is -3.24. The Labute approximate surface area is 261 Å². The summed E-state index contributed by atoms with van der Waals surface area (Å²) in [4.78, 5) is 12.8. The number of ether oxygens (including phenoxy) is 5. The first-order valence-corrected chi connectivity index (χ1v) is 15.5. The summed E-state index contributed by atoms with van der Waals surface area (Å²) < 4.78 is 43.2. The van der Waals surface area contributed by atoms with Gasteiger partial charge in [-0.2, -0.15) is 0 Å². The van der Waals surface area contributed by atoms with Crippen molar-refractivity contribution in [2.45, 2.75) is 36.3 Å². The lowest BCUT2D eigenvalue weighted by atomic mass is 9.80. The molecule has 1 amide bonds. The van der Waals surface area contributed by atoms with Crippen LogP contribution in [0, 0.1) is 0 Å². The molecule has 2 aliphatic rings. The van der Waals surface area contributed by atoms with E-state index < -0.39 is 32.3 Å². The molecule has 0 N–H and O–H groups in total. The largest absolute Gasteiger partial charge is 0.497 e. The van der Waals surface area contributed by atoms with E-state index in [-0.39, 0.29) is 25.2 Å². The first-order valence-electron chi connectivity index (χ1n) is 14.4. The van der Waals surface area contributed by atoms with E-state index in [1.165, 1.54) is 7.11 Å². The van der Waals surface area contributed by atoms with Gasteiger partial charge in [0.1, 0.15) is 43.8 Å². The van der Waals surface area contributed by atoms with E-state index in [0.29, 0.717) is 13.0 Å². The molecule has 2 heterocycles. The zero-order chi connectivity index (χ0) is 31.1. The van der Waals surface area contributed by atoms with Crippen molar-refractivity contribution in [1.82, 2.24) is 4.67 Å². The third kappa shape index (κ3) is 6.86. The molecule has 2 fully saturated rings. The quantitative estimate of drug-likeness (QED) is 0.115. The molecule has 0 bridgehead atoms. The summed E-state index contributed by atoms with van der Waals surface area (Å²) in [7, 11) is 9.31. The van der Waals surface area contributed by atoms with Crippen LogP contribution in [0.15, 0.2) is 91.5 Å². The molecule has 9 nitrogen and oxygen atoms in total. The molecule has 5 rings (SSSR count). The number of nitrogens with zero attached hydrogens (tertiary/aromatic N) is 1. The van der Waals surface area contributed by atoms with E-state index in [1.54, 1.807) is 25.0 Å². The first-order chi connectivity index (χ1) is 21.4. The van der Waals surface area contributed by atoms with E-state index in [0.717, 1.165) is 28.2 Å². The van der Waals surface area contributed by atoms with E-state index in [9.17, 15) is 4.79 Å². The Morgan fingerprint density at radius 2 is 1.57 bits per heavy atom. The first kappa shape index (κ1) is 32.2. The molecule has 44 heavy (non-hydrogen) atoms. The van der Waals surface area contributed by atoms with E-state index >= 15 is 0 Å². The molecule has 0 aromatic heterocycles. The van der Waals surface area contributed by atoms with Crippen LogP contribution in [0.2, 0.25) is 0 Å². The highest BCUT2D eigenvalue weighted by atomic mass is 31.2. The van der Waals surface area contributed by atoms with Crippen molar-refractivity contribution in [2.75, 3.05) is 41.1 Å². The van der Waals surface area contributed by atoms with Gasteiger partial charge in [0.2, 0.25) is 0 Å². The summed E-state index contributed by atoms with van der Waals surface area (Å²) in [5.74, 6) is 1.24. The van der Waals surface area contributed by atoms with Gasteiger partial charge in [0.05, 0.1) is 33.5 Å². The average molecular weight is 617 g/mol. The fourth-order valence-electron chi connectivity index (χ4n) is 5.44.